The number of hydrogen-bond acceptors (Lipinski definition) is 4. The molecule has 4 aromatic rings. The highest BCUT2D eigenvalue weighted by atomic mass is 35.5. The van der Waals surface area contributed by atoms with Gasteiger partial charge in [-0.2, -0.15) is 0 Å². The predicted octanol–water partition coefficient (Wildman–Crippen LogP) is 7.56. The lowest BCUT2D eigenvalue weighted by atomic mass is 10.0. The second kappa shape index (κ2) is 15.8. The molecule has 0 aromatic heterocycles. The third-order valence-electron chi connectivity index (χ3n) is 7.36. The molecule has 0 saturated carbocycles. The topological polar surface area (TPSA) is 86.8 Å². The molecule has 1 N–H and O–H groups in total. The molecule has 0 heterocycles. The maximum atomic E-state index is 14.6. The summed E-state index contributed by atoms with van der Waals surface area (Å²) in [6.07, 6.45) is 0.201. The number of nitrogens with one attached hydrogen (secondary N) is 1. The van der Waals surface area contributed by atoms with E-state index in [9.17, 15) is 18.0 Å². The highest BCUT2D eigenvalue weighted by molar-refractivity contribution is 7.92. The van der Waals surface area contributed by atoms with Gasteiger partial charge in [-0.15, -0.1) is 0 Å². The highest BCUT2D eigenvalue weighted by Crippen LogP contribution is 2.29. The SMILES string of the molecule is Cc1ccccc1N(CC(=O)N(Cc1ccc(Cl)c(Cl)c1)[C@H](Cc1ccccc1)C(=O)NCC(C)C)S(=O)(=O)c1ccc(Cl)cc1. The van der Waals surface area contributed by atoms with E-state index in [1.54, 1.807) is 49.4 Å². The quantitative estimate of drug-likeness (QED) is 0.156. The molecule has 0 radical (unpaired) electrons. The first-order valence-corrected chi connectivity index (χ1v) is 17.3. The fourth-order valence-electron chi connectivity index (χ4n) is 4.90. The van der Waals surface area contributed by atoms with Crippen LogP contribution in [0.3, 0.4) is 0 Å². The van der Waals surface area contributed by atoms with Gasteiger partial charge in [0.2, 0.25) is 11.8 Å². The van der Waals surface area contributed by atoms with Gasteiger partial charge >= 0.3 is 0 Å². The van der Waals surface area contributed by atoms with E-state index in [0.717, 1.165) is 9.87 Å². The number of halogens is 3. The number of para-hydroxylation sites is 1. The maximum Gasteiger partial charge on any atom is 0.264 e. The van der Waals surface area contributed by atoms with Crippen molar-refractivity contribution in [3.05, 3.63) is 129 Å². The first kappa shape index (κ1) is 35.3. The molecule has 0 aliphatic heterocycles. The summed E-state index contributed by atoms with van der Waals surface area (Å²) in [5.41, 5.74) is 2.45. The van der Waals surface area contributed by atoms with Gasteiger partial charge in [-0.1, -0.05) is 103 Å². The number of amides is 2. The van der Waals surface area contributed by atoms with Crippen LogP contribution in [0.15, 0.2) is 102 Å². The molecule has 1 atom stereocenters. The minimum atomic E-state index is -4.25. The Morgan fingerprint density at radius 1 is 0.804 bits per heavy atom. The lowest BCUT2D eigenvalue weighted by Gasteiger charge is -2.34. The normalized spacial score (nSPS) is 12.1. The van der Waals surface area contributed by atoms with Crippen molar-refractivity contribution in [2.45, 2.75) is 44.7 Å². The summed E-state index contributed by atoms with van der Waals surface area (Å²) >= 11 is 18.6. The molecule has 242 valence electrons. The van der Waals surface area contributed by atoms with Crippen LogP contribution < -0.4 is 9.62 Å². The van der Waals surface area contributed by atoms with Crippen LogP contribution in [-0.2, 0) is 32.6 Å². The van der Waals surface area contributed by atoms with Gasteiger partial charge in [-0.25, -0.2) is 8.42 Å². The van der Waals surface area contributed by atoms with Crippen molar-refractivity contribution in [3.63, 3.8) is 0 Å². The molecule has 0 saturated heterocycles. The lowest BCUT2D eigenvalue weighted by molar-refractivity contribution is -0.140. The van der Waals surface area contributed by atoms with Crippen LogP contribution in [0.5, 0.6) is 0 Å². The van der Waals surface area contributed by atoms with E-state index in [-0.39, 0.29) is 29.7 Å². The van der Waals surface area contributed by atoms with Crippen LogP contribution in [0, 0.1) is 12.8 Å². The first-order valence-electron chi connectivity index (χ1n) is 14.8. The molecule has 0 spiro atoms. The summed E-state index contributed by atoms with van der Waals surface area (Å²) in [6, 6.07) is 26.1. The Morgan fingerprint density at radius 2 is 1.46 bits per heavy atom. The largest absolute Gasteiger partial charge is 0.354 e. The van der Waals surface area contributed by atoms with E-state index in [4.69, 9.17) is 34.8 Å². The Morgan fingerprint density at radius 3 is 2.09 bits per heavy atom. The summed E-state index contributed by atoms with van der Waals surface area (Å²) in [4.78, 5) is 29.8. The van der Waals surface area contributed by atoms with Gasteiger partial charge < -0.3 is 10.2 Å². The fourth-order valence-corrected chi connectivity index (χ4v) is 6.83. The second-order valence-corrected chi connectivity index (χ2v) is 14.5. The number of carbonyl (C=O) groups excluding carboxylic acids is 2. The molecule has 2 amide bonds. The monoisotopic (exact) mass is 699 g/mol. The fraction of sp³-hybridized carbons (Fsp3) is 0.257. The summed E-state index contributed by atoms with van der Waals surface area (Å²) in [6.45, 7) is 5.54. The van der Waals surface area contributed by atoms with E-state index in [0.29, 0.717) is 38.4 Å². The average Bonchev–Trinajstić information content (AvgIpc) is 3.03. The van der Waals surface area contributed by atoms with Gasteiger partial charge in [-0.3, -0.25) is 13.9 Å². The molecule has 0 unspecified atom stereocenters. The molecule has 7 nitrogen and oxygen atoms in total. The van der Waals surface area contributed by atoms with Gasteiger partial charge in [0.25, 0.3) is 10.0 Å². The molecule has 0 aliphatic rings. The Balaban J connectivity index is 1.82. The van der Waals surface area contributed by atoms with Crippen molar-refractivity contribution >= 4 is 62.3 Å². The molecule has 11 heteroatoms. The van der Waals surface area contributed by atoms with E-state index in [1.807, 2.05) is 44.2 Å². The Hall–Kier alpha value is -3.56. The summed E-state index contributed by atoms with van der Waals surface area (Å²) in [5.74, 6) is -0.761. The van der Waals surface area contributed by atoms with E-state index < -0.39 is 28.5 Å². The average molecular weight is 701 g/mol. The summed E-state index contributed by atoms with van der Waals surface area (Å²) in [7, 11) is -4.25. The summed E-state index contributed by atoms with van der Waals surface area (Å²) < 4.78 is 29.4. The predicted molar refractivity (Wildman–Crippen MR) is 186 cm³/mol. The molecule has 0 aliphatic carbocycles. The van der Waals surface area contributed by atoms with Crippen LogP contribution in [0.2, 0.25) is 15.1 Å². The highest BCUT2D eigenvalue weighted by Gasteiger charge is 2.35. The number of rotatable bonds is 13. The van der Waals surface area contributed by atoms with Gasteiger partial charge in [0.15, 0.2) is 0 Å². The number of aryl methyl sites for hydroxylation is 1. The lowest BCUT2D eigenvalue weighted by Crippen LogP contribution is -2.53. The van der Waals surface area contributed by atoms with Gasteiger partial charge in [-0.05, 0) is 72.0 Å². The van der Waals surface area contributed by atoms with Crippen molar-refractivity contribution in [1.82, 2.24) is 10.2 Å². The standard InChI is InChI=1S/C35H36Cl3N3O4S/c1-24(2)21-39-35(43)33(20-26-10-5-4-6-11-26)40(22-27-13-18-30(37)31(38)19-27)34(42)23-41(32-12-8-7-9-25(32)3)46(44,45)29-16-14-28(36)15-17-29/h4-19,24,33H,20-23H2,1-3H3,(H,39,43)/t33-/m1/s1. The number of anilines is 1. The smallest absolute Gasteiger partial charge is 0.264 e. The van der Waals surface area contributed by atoms with Gasteiger partial charge in [0, 0.05) is 24.5 Å². The van der Waals surface area contributed by atoms with Crippen molar-refractivity contribution in [2.24, 2.45) is 5.92 Å². The first-order chi connectivity index (χ1) is 21.9. The summed E-state index contributed by atoms with van der Waals surface area (Å²) in [5, 5.41) is 3.99. The van der Waals surface area contributed by atoms with E-state index in [2.05, 4.69) is 5.32 Å². The van der Waals surface area contributed by atoms with Crippen LogP contribution in [0.25, 0.3) is 0 Å². The van der Waals surface area contributed by atoms with Gasteiger partial charge in [0.1, 0.15) is 12.6 Å². The Labute approximate surface area is 286 Å². The molecule has 46 heavy (non-hydrogen) atoms. The number of hydrogen-bond donors (Lipinski definition) is 1. The maximum absolute atomic E-state index is 14.6. The van der Waals surface area contributed by atoms with Crippen molar-refractivity contribution in [3.8, 4) is 0 Å². The zero-order valence-corrected chi connectivity index (χ0v) is 28.9. The van der Waals surface area contributed by atoms with Crippen LogP contribution in [0.4, 0.5) is 5.69 Å². The number of nitrogens with zero attached hydrogens (tertiary/aromatic N) is 2. The zero-order valence-electron chi connectivity index (χ0n) is 25.8. The molecular formula is C35H36Cl3N3O4S. The van der Waals surface area contributed by atoms with Crippen molar-refractivity contribution in [2.75, 3.05) is 17.4 Å². The zero-order chi connectivity index (χ0) is 33.4. The number of carbonyl (C=O) groups is 2. The Kier molecular flexibility index (Phi) is 12.1. The van der Waals surface area contributed by atoms with Crippen molar-refractivity contribution < 1.29 is 18.0 Å². The van der Waals surface area contributed by atoms with Crippen LogP contribution >= 0.6 is 34.8 Å². The number of benzene rings is 4. The third-order valence-corrected chi connectivity index (χ3v) is 10.1. The van der Waals surface area contributed by atoms with Gasteiger partial charge in [0.05, 0.1) is 20.6 Å². The van der Waals surface area contributed by atoms with Crippen LogP contribution in [0.1, 0.15) is 30.5 Å². The molecule has 4 rings (SSSR count). The van der Waals surface area contributed by atoms with E-state index in [1.165, 1.54) is 29.2 Å². The molecular weight excluding hydrogens is 665 g/mol. The molecule has 4 aromatic carbocycles. The molecule has 0 fully saturated rings. The Bertz CT molecular complexity index is 1770. The minimum absolute atomic E-state index is 0.0229. The van der Waals surface area contributed by atoms with E-state index >= 15 is 0 Å². The third kappa shape index (κ3) is 9.04. The molecule has 0 bridgehead atoms. The second-order valence-electron chi connectivity index (χ2n) is 11.4. The number of sulfonamides is 1. The van der Waals surface area contributed by atoms with Crippen LogP contribution in [-0.4, -0.2) is 44.3 Å². The van der Waals surface area contributed by atoms with Crippen molar-refractivity contribution in [1.29, 1.82) is 0 Å². The minimum Gasteiger partial charge on any atom is -0.354 e.